The van der Waals surface area contributed by atoms with Crippen LogP contribution >= 0.6 is 0 Å². The molecule has 150 valence electrons. The summed E-state index contributed by atoms with van der Waals surface area (Å²) in [5.74, 6) is 0.527. The van der Waals surface area contributed by atoms with Gasteiger partial charge in [-0.1, -0.05) is 48.5 Å². The van der Waals surface area contributed by atoms with Crippen molar-refractivity contribution in [1.82, 2.24) is 25.2 Å². The Morgan fingerprint density at radius 1 is 1.00 bits per heavy atom. The van der Waals surface area contributed by atoms with Crippen LogP contribution in [0.2, 0.25) is 0 Å². The molecule has 0 saturated heterocycles. The SMILES string of the molecule is O=C(Nc1cnc2ccccc2c1)/C(=C/c1ccco1)n1nnnc1-c1ccccc1. The highest BCUT2D eigenvalue weighted by Gasteiger charge is 2.20. The predicted octanol–water partition coefficient (Wildman–Crippen LogP) is 4.12. The topological polar surface area (TPSA) is 98.7 Å². The van der Waals surface area contributed by atoms with Gasteiger partial charge in [-0.3, -0.25) is 9.78 Å². The average molecular weight is 408 g/mol. The fraction of sp³-hybridized carbons (Fsp3) is 0. The molecule has 2 aromatic carbocycles. The largest absolute Gasteiger partial charge is 0.465 e. The number of hydrogen-bond donors (Lipinski definition) is 1. The normalized spacial score (nSPS) is 11.5. The molecule has 0 unspecified atom stereocenters. The van der Waals surface area contributed by atoms with Crippen LogP contribution in [0.3, 0.4) is 0 Å². The summed E-state index contributed by atoms with van der Waals surface area (Å²) in [6.45, 7) is 0. The van der Waals surface area contributed by atoms with Crippen molar-refractivity contribution in [2.75, 3.05) is 5.32 Å². The molecule has 0 aliphatic rings. The van der Waals surface area contributed by atoms with Crippen LogP contribution in [0.4, 0.5) is 5.69 Å². The number of anilines is 1. The van der Waals surface area contributed by atoms with E-state index in [1.165, 1.54) is 10.9 Å². The summed E-state index contributed by atoms with van der Waals surface area (Å²) in [5.41, 5.74) is 2.38. The van der Waals surface area contributed by atoms with E-state index in [4.69, 9.17) is 4.42 Å². The first-order valence-corrected chi connectivity index (χ1v) is 9.53. The molecule has 31 heavy (non-hydrogen) atoms. The number of carbonyl (C=O) groups is 1. The van der Waals surface area contributed by atoms with Gasteiger partial charge in [0.2, 0.25) is 0 Å². The Hall–Kier alpha value is -4.59. The van der Waals surface area contributed by atoms with Crippen LogP contribution in [0.15, 0.2) is 89.7 Å². The van der Waals surface area contributed by atoms with E-state index in [1.54, 1.807) is 24.4 Å². The Bertz CT molecular complexity index is 1370. The number of pyridine rings is 1. The molecule has 3 aromatic heterocycles. The van der Waals surface area contributed by atoms with Crippen LogP contribution in [-0.2, 0) is 4.79 Å². The lowest BCUT2D eigenvalue weighted by atomic mass is 10.2. The maximum Gasteiger partial charge on any atom is 0.274 e. The average Bonchev–Trinajstić information content (AvgIpc) is 3.50. The minimum atomic E-state index is -0.405. The van der Waals surface area contributed by atoms with Crippen molar-refractivity contribution in [3.05, 3.63) is 91.0 Å². The van der Waals surface area contributed by atoms with Gasteiger partial charge in [0, 0.05) is 17.0 Å². The number of carbonyl (C=O) groups excluding carboxylic acids is 1. The van der Waals surface area contributed by atoms with E-state index in [2.05, 4.69) is 25.8 Å². The molecule has 0 atom stereocenters. The second-order valence-electron chi connectivity index (χ2n) is 6.70. The van der Waals surface area contributed by atoms with Crippen molar-refractivity contribution in [2.24, 2.45) is 0 Å². The van der Waals surface area contributed by atoms with Crippen LogP contribution in [0.1, 0.15) is 5.76 Å². The maximum absolute atomic E-state index is 13.3. The summed E-state index contributed by atoms with van der Waals surface area (Å²) in [5, 5.41) is 15.7. The lowest BCUT2D eigenvalue weighted by Gasteiger charge is -2.11. The second kappa shape index (κ2) is 8.03. The number of fused-ring (bicyclic) bond motifs is 1. The Labute approximate surface area is 176 Å². The monoisotopic (exact) mass is 408 g/mol. The third-order valence-electron chi connectivity index (χ3n) is 4.63. The molecular weight excluding hydrogens is 392 g/mol. The van der Waals surface area contributed by atoms with E-state index in [9.17, 15) is 4.79 Å². The molecule has 0 bridgehead atoms. The van der Waals surface area contributed by atoms with Crippen molar-refractivity contribution in [3.8, 4) is 11.4 Å². The van der Waals surface area contributed by atoms with Crippen molar-refractivity contribution in [1.29, 1.82) is 0 Å². The molecule has 8 nitrogen and oxygen atoms in total. The van der Waals surface area contributed by atoms with Crippen molar-refractivity contribution in [3.63, 3.8) is 0 Å². The van der Waals surface area contributed by atoms with Crippen molar-refractivity contribution >= 4 is 34.3 Å². The molecule has 0 aliphatic heterocycles. The minimum Gasteiger partial charge on any atom is -0.465 e. The van der Waals surface area contributed by atoms with E-state index >= 15 is 0 Å². The molecule has 0 radical (unpaired) electrons. The van der Waals surface area contributed by atoms with Gasteiger partial charge >= 0.3 is 0 Å². The third-order valence-corrected chi connectivity index (χ3v) is 4.63. The Kier molecular flexibility index (Phi) is 4.78. The highest BCUT2D eigenvalue weighted by molar-refractivity contribution is 6.24. The van der Waals surface area contributed by atoms with Crippen LogP contribution < -0.4 is 5.32 Å². The molecule has 0 saturated carbocycles. The van der Waals surface area contributed by atoms with Crippen LogP contribution in [-0.4, -0.2) is 31.1 Å². The number of benzene rings is 2. The molecule has 5 aromatic rings. The molecule has 1 amide bonds. The van der Waals surface area contributed by atoms with E-state index in [0.717, 1.165) is 16.5 Å². The fourth-order valence-corrected chi connectivity index (χ4v) is 3.18. The zero-order chi connectivity index (χ0) is 21.0. The van der Waals surface area contributed by atoms with Gasteiger partial charge < -0.3 is 9.73 Å². The van der Waals surface area contributed by atoms with Crippen LogP contribution in [0, 0.1) is 0 Å². The number of rotatable bonds is 5. The van der Waals surface area contributed by atoms with Gasteiger partial charge in [0.1, 0.15) is 11.5 Å². The zero-order valence-corrected chi connectivity index (χ0v) is 16.2. The number of tetrazole rings is 1. The first-order chi connectivity index (χ1) is 15.3. The number of nitrogens with one attached hydrogen (secondary N) is 1. The summed E-state index contributed by atoms with van der Waals surface area (Å²) < 4.78 is 6.81. The second-order valence-corrected chi connectivity index (χ2v) is 6.70. The maximum atomic E-state index is 13.3. The number of para-hydroxylation sites is 1. The smallest absolute Gasteiger partial charge is 0.274 e. The summed E-state index contributed by atoms with van der Waals surface area (Å²) in [6.07, 6.45) is 4.74. The third kappa shape index (κ3) is 3.82. The molecule has 5 rings (SSSR count). The van der Waals surface area contributed by atoms with Crippen LogP contribution in [0.25, 0.3) is 34.1 Å². The first-order valence-electron chi connectivity index (χ1n) is 9.53. The van der Waals surface area contributed by atoms with Gasteiger partial charge in [-0.15, -0.1) is 5.10 Å². The predicted molar refractivity (Wildman–Crippen MR) is 117 cm³/mol. The highest BCUT2D eigenvalue weighted by Crippen LogP contribution is 2.22. The van der Waals surface area contributed by atoms with E-state index < -0.39 is 5.91 Å². The summed E-state index contributed by atoms with van der Waals surface area (Å²) in [7, 11) is 0. The molecule has 8 heteroatoms. The fourth-order valence-electron chi connectivity index (χ4n) is 3.18. The standard InChI is InChI=1S/C23H16N6O2/c30-23(25-18-13-17-9-4-5-11-20(17)24-15-18)21(14-19-10-6-12-31-19)29-22(26-27-28-29)16-7-2-1-3-8-16/h1-15H,(H,25,30)/b21-14-. The summed E-state index contributed by atoms with van der Waals surface area (Å²) in [4.78, 5) is 17.7. The molecule has 0 aliphatic carbocycles. The van der Waals surface area contributed by atoms with Gasteiger partial charge in [-0.2, -0.15) is 4.68 Å². The molecule has 1 N–H and O–H groups in total. The summed E-state index contributed by atoms with van der Waals surface area (Å²) >= 11 is 0. The van der Waals surface area contributed by atoms with E-state index in [-0.39, 0.29) is 5.70 Å². The minimum absolute atomic E-state index is 0.201. The Morgan fingerprint density at radius 3 is 2.68 bits per heavy atom. The highest BCUT2D eigenvalue weighted by atomic mass is 16.3. The number of amides is 1. The van der Waals surface area contributed by atoms with Crippen molar-refractivity contribution in [2.45, 2.75) is 0 Å². The lowest BCUT2D eigenvalue weighted by Crippen LogP contribution is -2.19. The van der Waals surface area contributed by atoms with Gasteiger partial charge in [0.25, 0.3) is 5.91 Å². The van der Waals surface area contributed by atoms with E-state index in [0.29, 0.717) is 17.3 Å². The number of furan rings is 1. The molecule has 0 spiro atoms. The van der Waals surface area contributed by atoms with Gasteiger partial charge in [0.15, 0.2) is 5.82 Å². The Morgan fingerprint density at radius 2 is 1.84 bits per heavy atom. The van der Waals surface area contributed by atoms with Gasteiger partial charge in [-0.25, -0.2) is 0 Å². The van der Waals surface area contributed by atoms with Crippen molar-refractivity contribution < 1.29 is 9.21 Å². The number of nitrogens with zero attached hydrogens (tertiary/aromatic N) is 5. The quantitative estimate of drug-likeness (QED) is 0.439. The molecular formula is C23H16N6O2. The Balaban J connectivity index is 1.54. The molecule has 0 fully saturated rings. The molecule has 3 heterocycles. The summed E-state index contributed by atoms with van der Waals surface area (Å²) in [6, 6.07) is 22.4. The van der Waals surface area contributed by atoms with E-state index in [1.807, 2.05) is 60.7 Å². The number of hydrogen-bond acceptors (Lipinski definition) is 6. The number of aromatic nitrogens is 5. The van der Waals surface area contributed by atoms with Gasteiger partial charge in [0.05, 0.1) is 23.7 Å². The van der Waals surface area contributed by atoms with Gasteiger partial charge in [-0.05, 0) is 34.7 Å². The first kappa shape index (κ1) is 18.4. The van der Waals surface area contributed by atoms with Crippen LogP contribution in [0.5, 0.6) is 0 Å². The lowest BCUT2D eigenvalue weighted by molar-refractivity contribution is -0.111. The zero-order valence-electron chi connectivity index (χ0n) is 16.2.